The van der Waals surface area contributed by atoms with Gasteiger partial charge in [0.25, 0.3) is 5.91 Å². The first-order chi connectivity index (χ1) is 14.9. The van der Waals surface area contributed by atoms with E-state index in [1.165, 1.54) is 19.2 Å². The predicted molar refractivity (Wildman–Crippen MR) is 113 cm³/mol. The first-order valence-corrected chi connectivity index (χ1v) is 10.2. The van der Waals surface area contributed by atoms with E-state index in [4.69, 9.17) is 4.74 Å². The van der Waals surface area contributed by atoms with Crippen LogP contribution in [0.5, 0.6) is 0 Å². The predicted octanol–water partition coefficient (Wildman–Crippen LogP) is 3.79. The molecule has 3 heterocycles. The molecule has 4 rings (SSSR count). The van der Waals surface area contributed by atoms with Gasteiger partial charge in [-0.2, -0.15) is 0 Å². The monoisotopic (exact) mass is 425 g/mol. The van der Waals surface area contributed by atoms with Crippen LogP contribution in [-0.4, -0.2) is 38.7 Å². The number of carbonyl (C=O) groups is 2. The van der Waals surface area contributed by atoms with E-state index >= 15 is 0 Å². The number of aromatic amines is 1. The van der Waals surface area contributed by atoms with Gasteiger partial charge in [0, 0.05) is 24.3 Å². The highest BCUT2D eigenvalue weighted by molar-refractivity contribution is 6.07. The molecule has 0 unspecified atom stereocenters. The van der Waals surface area contributed by atoms with Crippen molar-refractivity contribution in [3.8, 4) is 11.4 Å². The number of rotatable bonds is 4. The van der Waals surface area contributed by atoms with E-state index in [1.54, 1.807) is 19.9 Å². The second-order valence-corrected chi connectivity index (χ2v) is 7.67. The number of amides is 1. The highest BCUT2D eigenvalue weighted by Gasteiger charge is 2.23. The smallest absolute Gasteiger partial charge is 0.339 e. The van der Waals surface area contributed by atoms with Gasteiger partial charge in [-0.1, -0.05) is 6.42 Å². The van der Waals surface area contributed by atoms with E-state index in [1.807, 2.05) is 4.57 Å². The van der Waals surface area contributed by atoms with E-state index in [-0.39, 0.29) is 11.3 Å². The zero-order chi connectivity index (χ0) is 22.1. The van der Waals surface area contributed by atoms with Crippen LogP contribution in [0, 0.1) is 19.7 Å². The van der Waals surface area contributed by atoms with Crippen molar-refractivity contribution in [1.29, 1.82) is 0 Å². The van der Waals surface area contributed by atoms with Gasteiger partial charge < -0.3 is 19.6 Å². The maximum absolute atomic E-state index is 14.7. The molecule has 0 fully saturated rings. The van der Waals surface area contributed by atoms with Gasteiger partial charge >= 0.3 is 5.97 Å². The maximum Gasteiger partial charge on any atom is 0.339 e. The summed E-state index contributed by atoms with van der Waals surface area (Å²) in [6.45, 7) is 4.11. The molecule has 2 aromatic heterocycles. The third-order valence-electron chi connectivity index (χ3n) is 5.63. The zero-order valence-electron chi connectivity index (χ0n) is 17.7. The third kappa shape index (κ3) is 3.83. The number of carbonyl (C=O) groups excluding carboxylic acids is 2. The number of anilines is 1. The van der Waals surface area contributed by atoms with Crippen molar-refractivity contribution in [2.45, 2.75) is 46.1 Å². The normalized spacial score (nSPS) is 13.4. The maximum atomic E-state index is 14.7. The van der Waals surface area contributed by atoms with Gasteiger partial charge in [0.2, 0.25) is 0 Å². The molecule has 8 nitrogen and oxygen atoms in total. The first kappa shape index (κ1) is 20.8. The van der Waals surface area contributed by atoms with Gasteiger partial charge in [0.1, 0.15) is 17.3 Å². The largest absolute Gasteiger partial charge is 0.465 e. The van der Waals surface area contributed by atoms with Crippen molar-refractivity contribution in [3.63, 3.8) is 0 Å². The lowest BCUT2D eigenvalue weighted by Crippen LogP contribution is -2.14. The van der Waals surface area contributed by atoms with Gasteiger partial charge in [0.15, 0.2) is 5.82 Å². The van der Waals surface area contributed by atoms with Crippen LogP contribution in [0.2, 0.25) is 0 Å². The number of ether oxygens (including phenoxy) is 1. The molecule has 1 aliphatic rings. The van der Waals surface area contributed by atoms with Crippen LogP contribution in [0.3, 0.4) is 0 Å². The number of aromatic nitrogens is 4. The molecular weight excluding hydrogens is 401 g/mol. The fourth-order valence-corrected chi connectivity index (χ4v) is 4.04. The van der Waals surface area contributed by atoms with Crippen LogP contribution in [0.1, 0.15) is 57.2 Å². The minimum atomic E-state index is -0.512. The number of hydrogen-bond donors (Lipinski definition) is 2. The number of nitrogens with one attached hydrogen (secondary N) is 2. The van der Waals surface area contributed by atoms with Gasteiger partial charge in [0.05, 0.1) is 18.2 Å². The summed E-state index contributed by atoms with van der Waals surface area (Å²) in [6, 6.07) is 4.35. The van der Waals surface area contributed by atoms with Gasteiger partial charge in [-0.25, -0.2) is 9.18 Å². The summed E-state index contributed by atoms with van der Waals surface area (Å²) >= 11 is 0. The van der Waals surface area contributed by atoms with E-state index in [9.17, 15) is 14.0 Å². The molecule has 0 radical (unpaired) electrons. The molecule has 1 amide bonds. The molecule has 31 heavy (non-hydrogen) atoms. The molecule has 9 heteroatoms. The molecular formula is C22H24FN5O3. The van der Waals surface area contributed by atoms with E-state index in [2.05, 4.69) is 20.5 Å². The van der Waals surface area contributed by atoms with Gasteiger partial charge in [-0.05, 0) is 50.5 Å². The Hall–Kier alpha value is -3.49. The second-order valence-electron chi connectivity index (χ2n) is 7.67. The Morgan fingerprint density at radius 1 is 1.19 bits per heavy atom. The number of aryl methyl sites for hydroxylation is 2. The minimum absolute atomic E-state index is 0.250. The van der Waals surface area contributed by atoms with Crippen molar-refractivity contribution in [3.05, 3.63) is 52.4 Å². The molecule has 1 aromatic carbocycles. The van der Waals surface area contributed by atoms with E-state index < -0.39 is 17.7 Å². The number of H-pyrrole nitrogens is 1. The summed E-state index contributed by atoms with van der Waals surface area (Å²) in [6.07, 6.45) is 3.95. The Bertz CT molecular complexity index is 1160. The minimum Gasteiger partial charge on any atom is -0.465 e. The van der Waals surface area contributed by atoms with Crippen LogP contribution in [0.15, 0.2) is 18.2 Å². The van der Waals surface area contributed by atoms with Crippen LogP contribution in [0.4, 0.5) is 10.1 Å². The Labute approximate surface area is 178 Å². The number of methoxy groups -OCH3 is 1. The first-order valence-electron chi connectivity index (χ1n) is 10.2. The number of halogens is 1. The van der Waals surface area contributed by atoms with Crippen molar-refractivity contribution in [2.24, 2.45) is 0 Å². The SMILES string of the molecule is COC(=O)c1c(C)[nH]c(C(=O)Nc2ccc(F)c(-c3nnc4n3CCCCC4)c2)c1C. The van der Waals surface area contributed by atoms with E-state index in [0.29, 0.717) is 28.3 Å². The summed E-state index contributed by atoms with van der Waals surface area (Å²) in [5.74, 6) is -0.0629. The number of hydrogen-bond acceptors (Lipinski definition) is 5. The molecule has 0 aliphatic carbocycles. The van der Waals surface area contributed by atoms with Crippen molar-refractivity contribution in [2.75, 3.05) is 12.4 Å². The molecule has 2 N–H and O–H groups in total. The van der Waals surface area contributed by atoms with Crippen molar-refractivity contribution < 1.29 is 18.7 Å². The highest BCUT2D eigenvalue weighted by Crippen LogP contribution is 2.28. The molecule has 3 aromatic rings. The average molecular weight is 425 g/mol. The van der Waals surface area contributed by atoms with Crippen LogP contribution < -0.4 is 5.32 Å². The van der Waals surface area contributed by atoms with Crippen LogP contribution in [-0.2, 0) is 17.7 Å². The molecule has 0 atom stereocenters. The molecule has 162 valence electrons. The summed E-state index contributed by atoms with van der Waals surface area (Å²) in [7, 11) is 1.29. The average Bonchev–Trinajstić information content (AvgIpc) is 3.19. The summed E-state index contributed by atoms with van der Waals surface area (Å²) < 4.78 is 21.4. The molecule has 0 spiro atoms. The number of fused-ring (bicyclic) bond motifs is 1. The zero-order valence-corrected chi connectivity index (χ0v) is 17.7. The molecule has 1 aliphatic heterocycles. The summed E-state index contributed by atoms with van der Waals surface area (Å²) in [4.78, 5) is 27.8. The Morgan fingerprint density at radius 3 is 2.77 bits per heavy atom. The molecule has 0 bridgehead atoms. The van der Waals surface area contributed by atoms with Crippen LogP contribution in [0.25, 0.3) is 11.4 Å². The third-order valence-corrected chi connectivity index (χ3v) is 5.63. The lowest BCUT2D eigenvalue weighted by atomic mass is 10.1. The van der Waals surface area contributed by atoms with E-state index in [0.717, 1.165) is 38.1 Å². The van der Waals surface area contributed by atoms with Gasteiger partial charge in [-0.3, -0.25) is 4.79 Å². The van der Waals surface area contributed by atoms with Crippen LogP contribution >= 0.6 is 0 Å². The summed E-state index contributed by atoms with van der Waals surface area (Å²) in [5.41, 5.74) is 2.32. The topological polar surface area (TPSA) is 102 Å². The fourth-order valence-electron chi connectivity index (χ4n) is 4.04. The Morgan fingerprint density at radius 2 is 2.00 bits per heavy atom. The highest BCUT2D eigenvalue weighted by atomic mass is 19.1. The molecule has 0 saturated heterocycles. The summed E-state index contributed by atoms with van der Waals surface area (Å²) in [5, 5.41) is 11.2. The van der Waals surface area contributed by atoms with Crippen molar-refractivity contribution >= 4 is 17.6 Å². The Kier molecular flexibility index (Phi) is 5.58. The van der Waals surface area contributed by atoms with Gasteiger partial charge in [-0.15, -0.1) is 10.2 Å². The fraction of sp³-hybridized carbons (Fsp3) is 0.364. The lowest BCUT2D eigenvalue weighted by molar-refractivity contribution is 0.0599. The Balaban J connectivity index is 1.64. The number of benzene rings is 1. The van der Waals surface area contributed by atoms with Crippen molar-refractivity contribution in [1.82, 2.24) is 19.7 Å². The molecule has 0 saturated carbocycles. The quantitative estimate of drug-likeness (QED) is 0.619. The number of esters is 1. The number of nitrogens with zero attached hydrogens (tertiary/aromatic N) is 3. The standard InChI is InChI=1S/C22H24FN5O3/c1-12-18(22(30)31-3)13(2)24-19(12)21(29)25-14-8-9-16(23)15(11-14)20-27-26-17-7-5-4-6-10-28(17)20/h8-9,11,24H,4-7,10H2,1-3H3,(H,25,29). The second kappa shape index (κ2) is 8.33. The lowest BCUT2D eigenvalue weighted by Gasteiger charge is -2.10.